The number of hydrogen-bond acceptors (Lipinski definition) is 6. The fourth-order valence-corrected chi connectivity index (χ4v) is 2.21. The van der Waals surface area contributed by atoms with Crippen molar-refractivity contribution in [1.82, 2.24) is 15.3 Å². The maximum absolute atomic E-state index is 12.0. The zero-order valence-electron chi connectivity index (χ0n) is 13.2. The van der Waals surface area contributed by atoms with Crippen molar-refractivity contribution in [3.05, 3.63) is 24.0 Å². The van der Waals surface area contributed by atoms with Crippen molar-refractivity contribution in [2.75, 3.05) is 32.2 Å². The minimum Gasteiger partial charge on any atom is -0.480 e. The highest BCUT2D eigenvalue weighted by atomic mass is 16.5. The third-order valence-electron chi connectivity index (χ3n) is 3.60. The number of rotatable bonds is 5. The fourth-order valence-electron chi connectivity index (χ4n) is 2.21. The summed E-state index contributed by atoms with van der Waals surface area (Å²) in [6.45, 7) is 0.631. The van der Waals surface area contributed by atoms with E-state index in [2.05, 4.69) is 15.3 Å². The van der Waals surface area contributed by atoms with E-state index in [0.29, 0.717) is 24.7 Å². The summed E-state index contributed by atoms with van der Waals surface area (Å²) >= 11 is 0. The largest absolute Gasteiger partial charge is 0.480 e. The minimum absolute atomic E-state index is 0.253. The number of amides is 1. The van der Waals surface area contributed by atoms with Gasteiger partial charge in [-0.2, -0.15) is 0 Å². The quantitative estimate of drug-likeness (QED) is 0.752. The molecule has 0 bridgehead atoms. The van der Waals surface area contributed by atoms with E-state index in [-0.39, 0.29) is 12.8 Å². The van der Waals surface area contributed by atoms with Crippen molar-refractivity contribution in [2.24, 2.45) is 0 Å². The number of aliphatic carboxylic acids is 1. The number of carboxylic acids is 1. The van der Waals surface area contributed by atoms with Gasteiger partial charge in [-0.05, 0) is 6.08 Å². The second kappa shape index (κ2) is 7.19. The number of carboxylic acid groups (broad SMARTS) is 1. The van der Waals surface area contributed by atoms with Gasteiger partial charge in [-0.25, -0.2) is 14.8 Å². The van der Waals surface area contributed by atoms with Crippen LogP contribution in [0.5, 0.6) is 0 Å². The lowest BCUT2D eigenvalue weighted by Crippen LogP contribution is -2.57. The minimum atomic E-state index is -1.26. The van der Waals surface area contributed by atoms with Crippen molar-refractivity contribution in [1.29, 1.82) is 0 Å². The molecule has 0 radical (unpaired) electrons. The maximum atomic E-state index is 12.0. The van der Waals surface area contributed by atoms with E-state index in [1.807, 2.05) is 14.1 Å². The summed E-state index contributed by atoms with van der Waals surface area (Å²) in [6, 6.07) is 0. The van der Waals surface area contributed by atoms with Crippen LogP contribution in [-0.2, 0) is 14.3 Å². The molecule has 1 saturated heterocycles. The summed E-state index contributed by atoms with van der Waals surface area (Å²) in [6.07, 6.45) is 6.52. The molecular weight excluding hydrogens is 300 g/mol. The van der Waals surface area contributed by atoms with Crippen molar-refractivity contribution < 1.29 is 19.4 Å². The van der Waals surface area contributed by atoms with Crippen LogP contribution in [0.2, 0.25) is 0 Å². The molecule has 124 valence electrons. The van der Waals surface area contributed by atoms with E-state index in [0.717, 1.165) is 0 Å². The van der Waals surface area contributed by atoms with E-state index < -0.39 is 17.4 Å². The number of ether oxygens (including phenoxy) is 1. The van der Waals surface area contributed by atoms with Gasteiger partial charge in [0, 0.05) is 64.2 Å². The average Bonchev–Trinajstić information content (AvgIpc) is 2.54. The summed E-state index contributed by atoms with van der Waals surface area (Å²) < 4.78 is 5.16. The van der Waals surface area contributed by atoms with Crippen LogP contribution in [0, 0.1) is 0 Å². The van der Waals surface area contributed by atoms with Crippen LogP contribution in [-0.4, -0.2) is 59.8 Å². The zero-order valence-corrected chi connectivity index (χ0v) is 13.2. The van der Waals surface area contributed by atoms with E-state index >= 15 is 0 Å². The van der Waals surface area contributed by atoms with E-state index in [4.69, 9.17) is 4.74 Å². The van der Waals surface area contributed by atoms with Gasteiger partial charge in [0.2, 0.25) is 11.9 Å². The van der Waals surface area contributed by atoms with Gasteiger partial charge in [-0.15, -0.1) is 0 Å². The molecule has 1 fully saturated rings. The van der Waals surface area contributed by atoms with Crippen LogP contribution in [0.1, 0.15) is 18.4 Å². The first-order chi connectivity index (χ1) is 10.9. The summed E-state index contributed by atoms with van der Waals surface area (Å²) in [5, 5.41) is 12.0. The molecule has 2 rings (SSSR count). The molecule has 8 heteroatoms. The highest BCUT2D eigenvalue weighted by Gasteiger charge is 2.41. The van der Waals surface area contributed by atoms with Crippen LogP contribution < -0.4 is 10.2 Å². The molecule has 2 heterocycles. The Labute approximate surface area is 134 Å². The van der Waals surface area contributed by atoms with Crippen molar-refractivity contribution in [2.45, 2.75) is 18.4 Å². The van der Waals surface area contributed by atoms with Crippen molar-refractivity contribution in [3.63, 3.8) is 0 Å². The van der Waals surface area contributed by atoms with Gasteiger partial charge in [0.15, 0.2) is 0 Å². The molecule has 0 aromatic carbocycles. The molecule has 1 aliphatic heterocycles. The third kappa shape index (κ3) is 4.26. The Morgan fingerprint density at radius 3 is 2.43 bits per heavy atom. The van der Waals surface area contributed by atoms with Gasteiger partial charge in [0.1, 0.15) is 5.54 Å². The Kier molecular flexibility index (Phi) is 5.28. The van der Waals surface area contributed by atoms with Gasteiger partial charge in [0.05, 0.1) is 0 Å². The molecule has 0 spiro atoms. The molecule has 8 nitrogen and oxygen atoms in total. The topological polar surface area (TPSA) is 105 Å². The van der Waals surface area contributed by atoms with Gasteiger partial charge in [-0.1, -0.05) is 0 Å². The van der Waals surface area contributed by atoms with Gasteiger partial charge in [-0.3, -0.25) is 4.79 Å². The first-order valence-electron chi connectivity index (χ1n) is 7.24. The molecule has 23 heavy (non-hydrogen) atoms. The van der Waals surface area contributed by atoms with Crippen LogP contribution >= 0.6 is 0 Å². The Balaban J connectivity index is 2.01. The van der Waals surface area contributed by atoms with Gasteiger partial charge >= 0.3 is 5.97 Å². The maximum Gasteiger partial charge on any atom is 0.329 e. The second-order valence-electron chi connectivity index (χ2n) is 5.53. The lowest BCUT2D eigenvalue weighted by molar-refractivity contribution is -0.151. The fraction of sp³-hybridized carbons (Fsp3) is 0.467. The number of carbonyl (C=O) groups is 2. The lowest BCUT2D eigenvalue weighted by atomic mass is 9.90. The average molecular weight is 320 g/mol. The number of aromatic nitrogens is 2. The summed E-state index contributed by atoms with van der Waals surface area (Å²) in [4.78, 5) is 33.5. The third-order valence-corrected chi connectivity index (χ3v) is 3.60. The monoisotopic (exact) mass is 320 g/mol. The number of anilines is 1. The number of hydrogen-bond donors (Lipinski definition) is 2. The molecule has 1 amide bonds. The number of carbonyl (C=O) groups excluding carboxylic acids is 1. The number of nitrogens with one attached hydrogen (secondary N) is 1. The molecule has 0 aliphatic carbocycles. The Morgan fingerprint density at radius 1 is 1.30 bits per heavy atom. The van der Waals surface area contributed by atoms with Crippen LogP contribution in [0.3, 0.4) is 0 Å². The van der Waals surface area contributed by atoms with E-state index in [9.17, 15) is 14.7 Å². The summed E-state index contributed by atoms with van der Waals surface area (Å²) in [7, 11) is 3.66. The summed E-state index contributed by atoms with van der Waals surface area (Å²) in [5.41, 5.74) is -0.604. The second-order valence-corrected chi connectivity index (χ2v) is 5.53. The summed E-state index contributed by atoms with van der Waals surface area (Å²) in [5.74, 6) is -0.939. The smallest absolute Gasteiger partial charge is 0.329 e. The van der Waals surface area contributed by atoms with Crippen LogP contribution in [0.25, 0.3) is 6.08 Å². The molecule has 2 N–H and O–H groups in total. The lowest BCUT2D eigenvalue weighted by Gasteiger charge is -2.33. The molecule has 1 aromatic rings. The molecule has 1 aromatic heterocycles. The predicted octanol–water partition coefficient (Wildman–Crippen LogP) is 0.306. The zero-order chi connectivity index (χ0) is 16.9. The number of nitrogens with zero attached hydrogens (tertiary/aromatic N) is 3. The van der Waals surface area contributed by atoms with Crippen molar-refractivity contribution in [3.8, 4) is 0 Å². The molecule has 0 unspecified atom stereocenters. The molecule has 0 saturated carbocycles. The Hall–Kier alpha value is -2.48. The van der Waals surface area contributed by atoms with E-state index in [1.165, 1.54) is 6.08 Å². The highest BCUT2D eigenvalue weighted by molar-refractivity contribution is 5.95. The first-order valence-corrected chi connectivity index (χ1v) is 7.24. The molecule has 0 atom stereocenters. The standard InChI is InChI=1S/C15H20N4O4/c1-19(2)14-16-9-11(10-17-14)3-4-12(20)18-15(13(21)22)5-7-23-8-6-15/h3-4,9-10H,5-8H2,1-2H3,(H,18,20)(H,21,22). The van der Waals surface area contributed by atoms with E-state index in [1.54, 1.807) is 23.4 Å². The predicted molar refractivity (Wildman–Crippen MR) is 84.0 cm³/mol. The van der Waals surface area contributed by atoms with Gasteiger partial charge < -0.3 is 20.1 Å². The van der Waals surface area contributed by atoms with Gasteiger partial charge in [0.25, 0.3) is 0 Å². The van der Waals surface area contributed by atoms with Crippen LogP contribution in [0.4, 0.5) is 5.95 Å². The Bertz CT molecular complexity index is 592. The Morgan fingerprint density at radius 2 is 1.91 bits per heavy atom. The SMILES string of the molecule is CN(C)c1ncc(C=CC(=O)NC2(C(=O)O)CCOCC2)cn1. The first kappa shape index (κ1) is 16.9. The van der Waals surface area contributed by atoms with Crippen LogP contribution in [0.15, 0.2) is 18.5 Å². The normalized spacial score (nSPS) is 17.0. The molecular formula is C15H20N4O4. The highest BCUT2D eigenvalue weighted by Crippen LogP contribution is 2.21. The van der Waals surface area contributed by atoms with Crippen molar-refractivity contribution >= 4 is 23.9 Å². The molecule has 1 aliphatic rings.